The van der Waals surface area contributed by atoms with Gasteiger partial charge in [-0.05, 0) is 17.7 Å². The first-order chi connectivity index (χ1) is 10.8. The third-order valence-corrected chi connectivity index (χ3v) is 3.59. The molecule has 3 rings (SSSR count). The van der Waals surface area contributed by atoms with Gasteiger partial charge in [0.05, 0.1) is 24.0 Å². The van der Waals surface area contributed by atoms with Crippen LogP contribution in [0.3, 0.4) is 0 Å². The summed E-state index contributed by atoms with van der Waals surface area (Å²) in [6.45, 7) is 4.46. The first kappa shape index (κ1) is 14.3. The first-order valence-electron chi connectivity index (χ1n) is 7.36. The van der Waals surface area contributed by atoms with Crippen LogP contribution < -0.4 is 15.5 Å². The standard InChI is InChI=1S/C16H18N6/c17-9-13-2-1-3-14(8-13)10-20-15-11-19-12-16(21-15)22-6-4-18-5-7-22/h1-3,8,11-12,18H,4-7,10H2,(H,20,21). The molecule has 1 aromatic carbocycles. The van der Waals surface area contributed by atoms with Crippen molar-refractivity contribution in [1.82, 2.24) is 15.3 Å². The van der Waals surface area contributed by atoms with Crippen molar-refractivity contribution < 1.29 is 0 Å². The van der Waals surface area contributed by atoms with Crippen molar-refractivity contribution >= 4 is 11.6 Å². The summed E-state index contributed by atoms with van der Waals surface area (Å²) in [4.78, 5) is 11.1. The lowest BCUT2D eigenvalue weighted by molar-refractivity contribution is 0.584. The predicted octanol–water partition coefficient (Wildman–Crippen LogP) is 1.37. The van der Waals surface area contributed by atoms with Crippen LogP contribution in [0.15, 0.2) is 36.7 Å². The molecule has 0 aliphatic carbocycles. The Morgan fingerprint density at radius 2 is 2.14 bits per heavy atom. The lowest BCUT2D eigenvalue weighted by Gasteiger charge is -2.28. The van der Waals surface area contributed by atoms with Crippen LogP contribution in [-0.2, 0) is 6.54 Å². The van der Waals surface area contributed by atoms with Crippen LogP contribution in [0.1, 0.15) is 11.1 Å². The Labute approximate surface area is 129 Å². The van der Waals surface area contributed by atoms with Gasteiger partial charge in [-0.2, -0.15) is 5.26 Å². The largest absolute Gasteiger partial charge is 0.365 e. The Balaban J connectivity index is 1.66. The van der Waals surface area contributed by atoms with Gasteiger partial charge in [-0.1, -0.05) is 12.1 Å². The molecule has 6 nitrogen and oxygen atoms in total. The van der Waals surface area contributed by atoms with Gasteiger partial charge in [0.1, 0.15) is 11.6 Å². The number of anilines is 2. The second kappa shape index (κ2) is 6.87. The van der Waals surface area contributed by atoms with Crippen molar-refractivity contribution in [3.8, 4) is 6.07 Å². The molecule has 0 spiro atoms. The number of hydrogen-bond acceptors (Lipinski definition) is 6. The molecule has 0 radical (unpaired) electrons. The Hall–Kier alpha value is -2.65. The summed E-state index contributed by atoms with van der Waals surface area (Å²) in [5.41, 5.74) is 1.72. The zero-order chi connectivity index (χ0) is 15.2. The van der Waals surface area contributed by atoms with Gasteiger partial charge in [0, 0.05) is 32.7 Å². The highest BCUT2D eigenvalue weighted by atomic mass is 15.2. The second-order valence-electron chi connectivity index (χ2n) is 5.17. The third-order valence-electron chi connectivity index (χ3n) is 3.59. The smallest absolute Gasteiger partial charge is 0.149 e. The number of nitrogens with one attached hydrogen (secondary N) is 2. The van der Waals surface area contributed by atoms with Gasteiger partial charge in [-0.15, -0.1) is 0 Å². The molecule has 2 heterocycles. The van der Waals surface area contributed by atoms with E-state index in [0.29, 0.717) is 12.1 Å². The number of aromatic nitrogens is 2. The van der Waals surface area contributed by atoms with E-state index in [0.717, 1.165) is 43.4 Å². The molecule has 1 aliphatic heterocycles. The fourth-order valence-corrected chi connectivity index (χ4v) is 2.43. The summed E-state index contributed by atoms with van der Waals surface area (Å²) in [6.07, 6.45) is 3.52. The van der Waals surface area contributed by atoms with Gasteiger partial charge in [0.25, 0.3) is 0 Å². The SMILES string of the molecule is N#Cc1cccc(CNc2cncc(N3CCNCC3)n2)c1. The zero-order valence-corrected chi connectivity index (χ0v) is 12.3. The van der Waals surface area contributed by atoms with E-state index in [1.807, 2.05) is 18.2 Å². The molecule has 0 unspecified atom stereocenters. The predicted molar refractivity (Wildman–Crippen MR) is 85.6 cm³/mol. The average Bonchev–Trinajstić information content (AvgIpc) is 2.61. The van der Waals surface area contributed by atoms with E-state index in [2.05, 4.69) is 31.6 Å². The van der Waals surface area contributed by atoms with Crippen molar-refractivity contribution in [2.45, 2.75) is 6.54 Å². The van der Waals surface area contributed by atoms with E-state index in [9.17, 15) is 0 Å². The number of nitrogens with zero attached hydrogens (tertiary/aromatic N) is 4. The third kappa shape index (κ3) is 3.51. The minimum Gasteiger partial charge on any atom is -0.365 e. The topological polar surface area (TPSA) is 76.9 Å². The highest BCUT2D eigenvalue weighted by Crippen LogP contribution is 2.14. The lowest BCUT2D eigenvalue weighted by Crippen LogP contribution is -2.44. The number of rotatable bonds is 4. The normalized spacial score (nSPS) is 14.4. The fourth-order valence-electron chi connectivity index (χ4n) is 2.43. The van der Waals surface area contributed by atoms with E-state index in [1.165, 1.54) is 0 Å². The van der Waals surface area contributed by atoms with Crippen LogP contribution in [-0.4, -0.2) is 36.1 Å². The number of hydrogen-bond donors (Lipinski definition) is 2. The molecule has 0 amide bonds. The second-order valence-corrected chi connectivity index (χ2v) is 5.17. The Kier molecular flexibility index (Phi) is 4.47. The molecular formula is C16H18N6. The fraction of sp³-hybridized carbons (Fsp3) is 0.312. The highest BCUT2D eigenvalue weighted by molar-refractivity contribution is 5.45. The highest BCUT2D eigenvalue weighted by Gasteiger charge is 2.12. The Bertz CT molecular complexity index is 672. The lowest BCUT2D eigenvalue weighted by atomic mass is 10.1. The molecule has 1 aromatic heterocycles. The number of piperazine rings is 1. The van der Waals surface area contributed by atoms with Gasteiger partial charge in [-0.3, -0.25) is 4.98 Å². The van der Waals surface area contributed by atoms with Crippen molar-refractivity contribution in [2.75, 3.05) is 36.4 Å². The molecule has 6 heteroatoms. The van der Waals surface area contributed by atoms with Crippen LogP contribution in [0, 0.1) is 11.3 Å². The van der Waals surface area contributed by atoms with Crippen LogP contribution in [0.2, 0.25) is 0 Å². The Morgan fingerprint density at radius 1 is 1.27 bits per heavy atom. The first-order valence-corrected chi connectivity index (χ1v) is 7.36. The summed E-state index contributed by atoms with van der Waals surface area (Å²) in [5.74, 6) is 1.65. The molecule has 1 fully saturated rings. The molecule has 2 aromatic rings. The van der Waals surface area contributed by atoms with E-state index < -0.39 is 0 Å². The van der Waals surface area contributed by atoms with Gasteiger partial charge in [-0.25, -0.2) is 4.98 Å². The van der Waals surface area contributed by atoms with E-state index in [4.69, 9.17) is 5.26 Å². The molecule has 112 valence electrons. The van der Waals surface area contributed by atoms with E-state index in [1.54, 1.807) is 18.5 Å². The van der Waals surface area contributed by atoms with E-state index in [-0.39, 0.29) is 0 Å². The molecule has 1 saturated heterocycles. The van der Waals surface area contributed by atoms with Crippen LogP contribution in [0.25, 0.3) is 0 Å². The van der Waals surface area contributed by atoms with Gasteiger partial charge < -0.3 is 15.5 Å². The average molecular weight is 294 g/mol. The van der Waals surface area contributed by atoms with Crippen LogP contribution >= 0.6 is 0 Å². The van der Waals surface area contributed by atoms with Crippen molar-refractivity contribution in [1.29, 1.82) is 5.26 Å². The maximum Gasteiger partial charge on any atom is 0.149 e. The molecular weight excluding hydrogens is 276 g/mol. The summed E-state index contributed by atoms with van der Waals surface area (Å²) in [7, 11) is 0. The van der Waals surface area contributed by atoms with E-state index >= 15 is 0 Å². The maximum absolute atomic E-state index is 8.92. The van der Waals surface area contributed by atoms with Gasteiger partial charge in [0.2, 0.25) is 0 Å². The summed E-state index contributed by atoms with van der Waals surface area (Å²) < 4.78 is 0. The molecule has 0 bridgehead atoms. The van der Waals surface area contributed by atoms with Crippen LogP contribution in [0.5, 0.6) is 0 Å². The molecule has 0 atom stereocenters. The van der Waals surface area contributed by atoms with Crippen LogP contribution in [0.4, 0.5) is 11.6 Å². The summed E-state index contributed by atoms with van der Waals surface area (Å²) >= 11 is 0. The molecule has 2 N–H and O–H groups in total. The quantitative estimate of drug-likeness (QED) is 0.887. The Morgan fingerprint density at radius 3 is 2.95 bits per heavy atom. The minimum absolute atomic E-state index is 0.620. The van der Waals surface area contributed by atoms with Gasteiger partial charge in [0.15, 0.2) is 0 Å². The molecule has 1 aliphatic rings. The summed E-state index contributed by atoms with van der Waals surface area (Å²) in [5, 5.41) is 15.5. The molecule has 22 heavy (non-hydrogen) atoms. The minimum atomic E-state index is 0.620. The monoisotopic (exact) mass is 294 g/mol. The number of nitriles is 1. The van der Waals surface area contributed by atoms with Crippen molar-refractivity contribution in [3.05, 3.63) is 47.8 Å². The summed E-state index contributed by atoms with van der Waals surface area (Å²) in [6, 6.07) is 9.70. The van der Waals surface area contributed by atoms with Gasteiger partial charge >= 0.3 is 0 Å². The van der Waals surface area contributed by atoms with Crippen molar-refractivity contribution in [2.24, 2.45) is 0 Å². The maximum atomic E-state index is 8.92. The molecule has 0 saturated carbocycles. The zero-order valence-electron chi connectivity index (χ0n) is 12.3. The number of benzene rings is 1. The van der Waals surface area contributed by atoms with Crippen molar-refractivity contribution in [3.63, 3.8) is 0 Å².